The molecule has 1 heterocycles. The molecule has 0 bridgehead atoms. The van der Waals surface area contributed by atoms with Crippen LogP contribution >= 0.6 is 11.6 Å². The Morgan fingerprint density at radius 2 is 1.92 bits per heavy atom. The topological polar surface area (TPSA) is 112 Å². The molecular weight excluding hydrogens is 196 g/mol. The van der Waals surface area contributed by atoms with E-state index in [1.165, 1.54) is 0 Å². The number of carbonyl (C=O) groups excluding carboxylic acids is 2. The summed E-state index contributed by atoms with van der Waals surface area (Å²) in [5, 5.41) is -0.233. The zero-order valence-corrected chi connectivity index (χ0v) is 7.08. The molecule has 0 saturated carbocycles. The van der Waals surface area contributed by atoms with Gasteiger partial charge in [0.25, 0.3) is 11.8 Å². The maximum atomic E-state index is 10.6. The molecule has 0 atom stereocenters. The van der Waals surface area contributed by atoms with Gasteiger partial charge in [0.05, 0.1) is 6.20 Å². The average molecular weight is 201 g/mol. The second-order valence-electron chi connectivity index (χ2n) is 2.12. The molecule has 2 amide bonds. The van der Waals surface area contributed by atoms with Crippen molar-refractivity contribution >= 4 is 23.4 Å². The van der Waals surface area contributed by atoms with Crippen LogP contribution in [-0.4, -0.2) is 21.8 Å². The van der Waals surface area contributed by atoms with Crippen LogP contribution in [0.5, 0.6) is 0 Å². The van der Waals surface area contributed by atoms with Crippen LogP contribution in [-0.2, 0) is 0 Å². The molecule has 4 N–H and O–H groups in total. The summed E-state index contributed by atoms with van der Waals surface area (Å²) < 4.78 is 0. The number of amides is 2. The minimum atomic E-state index is -0.812. The molecule has 0 aliphatic carbocycles. The Morgan fingerprint density at radius 1 is 1.31 bits per heavy atom. The summed E-state index contributed by atoms with van der Waals surface area (Å²) in [5.74, 6) is -1.58. The number of primary amides is 2. The fourth-order valence-electron chi connectivity index (χ4n) is 0.651. The largest absolute Gasteiger partial charge is 0.364 e. The maximum Gasteiger partial charge on any atom is 0.270 e. The van der Waals surface area contributed by atoms with Crippen LogP contribution in [0.2, 0.25) is 5.15 Å². The van der Waals surface area contributed by atoms with Crippen LogP contribution in [0.1, 0.15) is 21.0 Å². The first-order valence-electron chi connectivity index (χ1n) is 3.14. The molecule has 0 aromatic carbocycles. The van der Waals surface area contributed by atoms with E-state index in [-0.39, 0.29) is 16.5 Å². The van der Waals surface area contributed by atoms with E-state index in [2.05, 4.69) is 9.97 Å². The lowest BCUT2D eigenvalue weighted by molar-refractivity contribution is 0.0980. The van der Waals surface area contributed by atoms with Gasteiger partial charge in [-0.3, -0.25) is 9.59 Å². The summed E-state index contributed by atoms with van der Waals surface area (Å²) in [6.45, 7) is 0. The first-order valence-corrected chi connectivity index (χ1v) is 3.52. The van der Waals surface area contributed by atoms with Crippen molar-refractivity contribution in [3.05, 3.63) is 22.7 Å². The van der Waals surface area contributed by atoms with Gasteiger partial charge in [-0.2, -0.15) is 0 Å². The average Bonchev–Trinajstić information content (AvgIpc) is 2.03. The third kappa shape index (κ3) is 1.91. The third-order valence-corrected chi connectivity index (χ3v) is 1.48. The second kappa shape index (κ2) is 3.36. The fourth-order valence-corrected chi connectivity index (χ4v) is 0.884. The van der Waals surface area contributed by atoms with E-state index in [0.29, 0.717) is 0 Å². The first-order chi connectivity index (χ1) is 6.02. The highest BCUT2D eigenvalue weighted by Crippen LogP contribution is 2.09. The van der Waals surface area contributed by atoms with Crippen molar-refractivity contribution in [3.8, 4) is 0 Å². The SMILES string of the molecule is NC(=O)c1cnc(C(N)=O)c(Cl)n1. The number of hydrogen-bond acceptors (Lipinski definition) is 4. The summed E-state index contributed by atoms with van der Waals surface area (Å²) in [6.07, 6.45) is 1.04. The van der Waals surface area contributed by atoms with Crippen LogP contribution < -0.4 is 11.5 Å². The second-order valence-corrected chi connectivity index (χ2v) is 2.48. The lowest BCUT2D eigenvalue weighted by Gasteiger charge is -1.98. The number of halogens is 1. The Bertz CT molecular complexity index is 379. The molecule has 1 rings (SSSR count). The molecule has 0 unspecified atom stereocenters. The van der Waals surface area contributed by atoms with Crippen molar-refractivity contribution in [1.82, 2.24) is 9.97 Å². The number of rotatable bonds is 2. The first kappa shape index (κ1) is 9.40. The lowest BCUT2D eigenvalue weighted by Crippen LogP contribution is -2.18. The molecule has 68 valence electrons. The predicted octanol–water partition coefficient (Wildman–Crippen LogP) is -0.672. The molecule has 0 saturated heterocycles. The Hall–Kier alpha value is -1.69. The maximum absolute atomic E-state index is 10.6. The summed E-state index contributed by atoms with van der Waals surface area (Å²) in [5.41, 5.74) is 9.49. The predicted molar refractivity (Wildman–Crippen MR) is 44.1 cm³/mol. The molecule has 0 spiro atoms. The lowest BCUT2D eigenvalue weighted by atomic mass is 10.4. The summed E-state index contributed by atoms with van der Waals surface area (Å²) in [4.78, 5) is 28.3. The molecule has 1 aromatic rings. The van der Waals surface area contributed by atoms with Crippen molar-refractivity contribution in [2.75, 3.05) is 0 Å². The van der Waals surface area contributed by atoms with Gasteiger partial charge in [-0.25, -0.2) is 9.97 Å². The molecular formula is C6H5ClN4O2. The van der Waals surface area contributed by atoms with E-state index in [4.69, 9.17) is 23.1 Å². The Morgan fingerprint density at radius 3 is 2.31 bits per heavy atom. The zero-order chi connectivity index (χ0) is 10.0. The van der Waals surface area contributed by atoms with Gasteiger partial charge >= 0.3 is 0 Å². The van der Waals surface area contributed by atoms with Crippen LogP contribution in [0.3, 0.4) is 0 Å². The highest BCUT2D eigenvalue weighted by atomic mass is 35.5. The summed E-state index contributed by atoms with van der Waals surface area (Å²) >= 11 is 5.49. The molecule has 0 fully saturated rings. The highest BCUT2D eigenvalue weighted by molar-refractivity contribution is 6.32. The molecule has 7 heteroatoms. The van der Waals surface area contributed by atoms with Gasteiger partial charge in [0.1, 0.15) is 5.69 Å². The molecule has 0 radical (unpaired) electrons. The van der Waals surface area contributed by atoms with Gasteiger partial charge in [-0.05, 0) is 0 Å². The Labute approximate surface area is 77.9 Å². The van der Waals surface area contributed by atoms with Crippen molar-refractivity contribution in [2.45, 2.75) is 0 Å². The monoisotopic (exact) mass is 200 g/mol. The summed E-state index contributed by atoms with van der Waals surface area (Å²) in [7, 11) is 0. The van der Waals surface area contributed by atoms with Crippen molar-refractivity contribution in [1.29, 1.82) is 0 Å². The number of nitrogens with zero attached hydrogens (tertiary/aromatic N) is 2. The van der Waals surface area contributed by atoms with Crippen LogP contribution in [0.25, 0.3) is 0 Å². The van der Waals surface area contributed by atoms with Gasteiger partial charge in [0.15, 0.2) is 10.8 Å². The Balaban J connectivity index is 3.20. The van der Waals surface area contributed by atoms with Crippen LogP contribution in [0, 0.1) is 0 Å². The van der Waals surface area contributed by atoms with E-state index in [9.17, 15) is 9.59 Å². The number of aromatic nitrogens is 2. The van der Waals surface area contributed by atoms with Crippen molar-refractivity contribution in [3.63, 3.8) is 0 Å². The van der Waals surface area contributed by atoms with E-state index in [1.807, 2.05) is 0 Å². The number of nitrogens with two attached hydrogens (primary N) is 2. The van der Waals surface area contributed by atoms with Crippen LogP contribution in [0.4, 0.5) is 0 Å². The quantitative estimate of drug-likeness (QED) is 0.659. The molecule has 0 aliphatic rings. The fraction of sp³-hybridized carbons (Fsp3) is 0. The third-order valence-electron chi connectivity index (χ3n) is 1.22. The van der Waals surface area contributed by atoms with Crippen molar-refractivity contribution < 1.29 is 9.59 Å². The van der Waals surface area contributed by atoms with E-state index in [1.54, 1.807) is 0 Å². The van der Waals surface area contributed by atoms with Gasteiger partial charge in [0.2, 0.25) is 0 Å². The van der Waals surface area contributed by atoms with Crippen LogP contribution in [0.15, 0.2) is 6.20 Å². The zero-order valence-electron chi connectivity index (χ0n) is 6.32. The highest BCUT2D eigenvalue weighted by Gasteiger charge is 2.12. The van der Waals surface area contributed by atoms with E-state index in [0.717, 1.165) is 6.20 Å². The van der Waals surface area contributed by atoms with E-state index < -0.39 is 11.8 Å². The van der Waals surface area contributed by atoms with E-state index >= 15 is 0 Å². The van der Waals surface area contributed by atoms with Gasteiger partial charge in [-0.1, -0.05) is 11.6 Å². The van der Waals surface area contributed by atoms with Crippen molar-refractivity contribution in [2.24, 2.45) is 11.5 Å². The minimum absolute atomic E-state index is 0.116. The molecule has 0 aliphatic heterocycles. The van der Waals surface area contributed by atoms with Gasteiger partial charge in [0, 0.05) is 0 Å². The summed E-state index contributed by atoms with van der Waals surface area (Å²) in [6, 6.07) is 0. The molecule has 6 nitrogen and oxygen atoms in total. The minimum Gasteiger partial charge on any atom is -0.364 e. The Kier molecular flexibility index (Phi) is 2.43. The van der Waals surface area contributed by atoms with Gasteiger partial charge in [-0.15, -0.1) is 0 Å². The molecule has 13 heavy (non-hydrogen) atoms. The smallest absolute Gasteiger partial charge is 0.270 e. The van der Waals surface area contributed by atoms with Gasteiger partial charge < -0.3 is 11.5 Å². The normalized spacial score (nSPS) is 9.62. The molecule has 1 aromatic heterocycles. The number of carbonyl (C=O) groups is 2. The number of hydrogen-bond donors (Lipinski definition) is 2. The standard InChI is InChI=1S/C6H5ClN4O2/c7-4-3(6(9)13)10-1-2(11-4)5(8)12/h1H,(H2,8,12)(H2,9,13).